The van der Waals surface area contributed by atoms with Crippen LogP contribution >= 0.6 is 0 Å². The topological polar surface area (TPSA) is 26.3 Å². The van der Waals surface area contributed by atoms with Crippen LogP contribution in [-0.2, 0) is 5.41 Å². The van der Waals surface area contributed by atoms with Crippen molar-refractivity contribution in [3.05, 3.63) is 169 Å². The summed E-state index contributed by atoms with van der Waals surface area (Å²) in [6.07, 6.45) is 0. The molecule has 0 unspecified atom stereocenters. The molecule has 1 aliphatic rings. The fourth-order valence-electron chi connectivity index (χ4n) is 9.61. The van der Waals surface area contributed by atoms with Gasteiger partial charge in [-0.1, -0.05) is 135 Å². The van der Waals surface area contributed by atoms with Crippen molar-refractivity contribution in [2.24, 2.45) is 0 Å². The Morgan fingerprint density at radius 1 is 0.340 bits per heavy atom. The highest BCUT2D eigenvalue weighted by Gasteiger charge is 2.37. The normalized spacial score (nSPS) is 13.6. The molecule has 248 valence electrons. The van der Waals surface area contributed by atoms with Gasteiger partial charge in [0.15, 0.2) is 0 Å². The molecule has 1 aliphatic carbocycles. The monoisotopic (exact) mass is 676 g/mol. The molecule has 53 heavy (non-hydrogen) atoms. The van der Waals surface area contributed by atoms with Crippen LogP contribution in [0.2, 0.25) is 0 Å². The molecule has 0 amide bonds. The molecular weight excluding hydrogens is 645 g/mol. The lowest BCUT2D eigenvalue weighted by atomic mass is 9.80. The highest BCUT2D eigenvalue weighted by atomic mass is 16.3. The highest BCUT2D eigenvalue weighted by Crippen LogP contribution is 2.54. The van der Waals surface area contributed by atoms with Crippen LogP contribution in [0, 0.1) is 0 Å². The van der Waals surface area contributed by atoms with Gasteiger partial charge in [0.25, 0.3) is 0 Å². The van der Waals surface area contributed by atoms with Crippen LogP contribution in [0.1, 0.15) is 25.0 Å². The molecule has 0 saturated carbocycles. The number of rotatable bonds is 2. The minimum Gasteiger partial charge on any atom is -0.456 e. The maximum absolute atomic E-state index is 6.50. The zero-order chi connectivity index (χ0) is 35.0. The second-order valence-corrected chi connectivity index (χ2v) is 15.2. The average Bonchev–Trinajstić information content (AvgIpc) is 3.84. The van der Waals surface area contributed by atoms with Gasteiger partial charge in [-0.3, -0.25) is 0 Å². The lowest BCUT2D eigenvalue weighted by Crippen LogP contribution is -2.15. The van der Waals surface area contributed by atoms with Crippen LogP contribution < -0.4 is 0 Å². The summed E-state index contributed by atoms with van der Waals surface area (Å²) in [7, 11) is 0. The summed E-state index contributed by atoms with van der Waals surface area (Å²) in [6.45, 7) is 4.75. The van der Waals surface area contributed by atoms with E-state index in [9.17, 15) is 0 Å². The number of para-hydroxylation sites is 2. The van der Waals surface area contributed by atoms with Crippen LogP contribution in [0.4, 0.5) is 0 Å². The van der Waals surface area contributed by atoms with Gasteiger partial charge in [-0.25, -0.2) is 0 Å². The Bertz CT molecular complexity index is 3310. The molecule has 11 aromatic rings. The first-order valence-corrected chi connectivity index (χ1v) is 18.4. The first-order valence-electron chi connectivity index (χ1n) is 18.4. The van der Waals surface area contributed by atoms with Gasteiger partial charge >= 0.3 is 0 Å². The van der Waals surface area contributed by atoms with E-state index < -0.39 is 0 Å². The third kappa shape index (κ3) is 3.82. The summed E-state index contributed by atoms with van der Waals surface area (Å²) >= 11 is 0. The van der Waals surface area contributed by atoms with Crippen LogP contribution in [0.3, 0.4) is 0 Å². The number of benzene rings is 9. The van der Waals surface area contributed by atoms with E-state index >= 15 is 0 Å². The molecule has 0 saturated heterocycles. The van der Waals surface area contributed by atoms with Gasteiger partial charge in [0.05, 0.1) is 0 Å². The van der Waals surface area contributed by atoms with Gasteiger partial charge in [-0.05, 0) is 108 Å². The Kier molecular flexibility index (Phi) is 5.60. The van der Waals surface area contributed by atoms with Gasteiger partial charge in [-0.15, -0.1) is 0 Å². The Hall–Kier alpha value is -6.64. The van der Waals surface area contributed by atoms with Crippen LogP contribution in [-0.4, -0.2) is 0 Å². The molecule has 0 aliphatic heterocycles. The molecule has 0 fully saturated rings. The molecular formula is C51H32O2. The van der Waals surface area contributed by atoms with Gasteiger partial charge in [0.1, 0.15) is 22.3 Å². The van der Waals surface area contributed by atoms with Gasteiger partial charge < -0.3 is 8.83 Å². The zero-order valence-corrected chi connectivity index (χ0v) is 29.3. The fraction of sp³-hybridized carbons (Fsp3) is 0.0588. The molecule has 0 radical (unpaired) electrons. The second kappa shape index (κ2) is 10.2. The Morgan fingerprint density at radius 2 is 0.811 bits per heavy atom. The predicted molar refractivity (Wildman–Crippen MR) is 222 cm³/mol. The van der Waals surface area contributed by atoms with E-state index in [4.69, 9.17) is 8.83 Å². The van der Waals surface area contributed by atoms with Crippen LogP contribution in [0.25, 0.3) is 110 Å². The molecule has 12 rings (SSSR count). The lowest BCUT2D eigenvalue weighted by molar-refractivity contribution is 0.660. The Morgan fingerprint density at radius 3 is 1.49 bits per heavy atom. The van der Waals surface area contributed by atoms with E-state index in [0.717, 1.165) is 38.5 Å². The third-order valence-electron chi connectivity index (χ3n) is 12.1. The summed E-state index contributed by atoms with van der Waals surface area (Å²) in [5.41, 5.74) is 13.9. The van der Waals surface area contributed by atoms with Crippen molar-refractivity contribution >= 4 is 76.2 Å². The summed E-state index contributed by atoms with van der Waals surface area (Å²) in [5, 5.41) is 12.0. The largest absolute Gasteiger partial charge is 0.456 e. The quantitative estimate of drug-likeness (QED) is 0.170. The van der Waals surface area contributed by atoms with Crippen molar-refractivity contribution < 1.29 is 8.83 Å². The molecule has 0 N–H and O–H groups in total. The number of hydrogen-bond donors (Lipinski definition) is 0. The van der Waals surface area contributed by atoms with Crippen molar-refractivity contribution in [1.29, 1.82) is 0 Å². The van der Waals surface area contributed by atoms with E-state index in [-0.39, 0.29) is 5.41 Å². The fourth-order valence-corrected chi connectivity index (χ4v) is 9.61. The van der Waals surface area contributed by atoms with Crippen molar-refractivity contribution in [2.45, 2.75) is 19.3 Å². The maximum atomic E-state index is 6.50. The van der Waals surface area contributed by atoms with Crippen LogP contribution in [0.15, 0.2) is 167 Å². The lowest BCUT2D eigenvalue weighted by Gasteiger charge is -2.23. The third-order valence-corrected chi connectivity index (χ3v) is 12.1. The molecule has 2 aromatic heterocycles. The molecule has 2 heteroatoms. The van der Waals surface area contributed by atoms with E-state index in [1.165, 1.54) is 82.2 Å². The molecule has 0 atom stereocenters. The van der Waals surface area contributed by atoms with Crippen molar-refractivity contribution in [1.82, 2.24) is 0 Å². The molecule has 0 spiro atoms. The van der Waals surface area contributed by atoms with Crippen LogP contribution in [0.5, 0.6) is 0 Å². The minimum atomic E-state index is -0.175. The smallest absolute Gasteiger partial charge is 0.143 e. The van der Waals surface area contributed by atoms with Gasteiger partial charge in [0.2, 0.25) is 0 Å². The molecule has 0 bridgehead atoms. The van der Waals surface area contributed by atoms with Gasteiger partial charge in [0, 0.05) is 32.3 Å². The van der Waals surface area contributed by atoms with Crippen molar-refractivity contribution in [2.75, 3.05) is 0 Å². The summed E-state index contributed by atoms with van der Waals surface area (Å²) < 4.78 is 12.7. The summed E-state index contributed by atoms with van der Waals surface area (Å²) in [6, 6.07) is 57.5. The Labute approximate surface area is 305 Å². The van der Waals surface area contributed by atoms with E-state index in [0.29, 0.717) is 0 Å². The maximum Gasteiger partial charge on any atom is 0.143 e. The predicted octanol–water partition coefficient (Wildman–Crippen LogP) is 14.6. The highest BCUT2D eigenvalue weighted by molar-refractivity contribution is 6.23. The molecule has 2 nitrogen and oxygen atoms in total. The van der Waals surface area contributed by atoms with Gasteiger partial charge in [-0.2, -0.15) is 0 Å². The number of hydrogen-bond acceptors (Lipinski definition) is 2. The van der Waals surface area contributed by atoms with E-state index in [2.05, 4.69) is 153 Å². The first kappa shape index (κ1) is 29.0. The molecule has 2 heterocycles. The van der Waals surface area contributed by atoms with E-state index in [1.54, 1.807) is 0 Å². The van der Waals surface area contributed by atoms with Crippen molar-refractivity contribution in [3.8, 4) is 33.4 Å². The second-order valence-electron chi connectivity index (χ2n) is 15.2. The SMILES string of the molecule is CC1(C)c2cc(-c3c4ccccc4c(-c4ccc5oc6ccccc6c5c4)c4ccccc34)ccc2-c2c1ccc1c2ccc2c3ccccc3oc12. The molecule has 9 aromatic carbocycles. The average molecular weight is 677 g/mol. The summed E-state index contributed by atoms with van der Waals surface area (Å²) in [5.74, 6) is 0. The number of fused-ring (bicyclic) bond motifs is 14. The Balaban J connectivity index is 1.09. The van der Waals surface area contributed by atoms with Crippen molar-refractivity contribution in [3.63, 3.8) is 0 Å². The zero-order valence-electron chi connectivity index (χ0n) is 29.3. The summed E-state index contributed by atoms with van der Waals surface area (Å²) in [4.78, 5) is 0. The van der Waals surface area contributed by atoms with E-state index in [1.807, 2.05) is 18.2 Å². The number of furan rings is 2. The minimum absolute atomic E-state index is 0.175. The first-order chi connectivity index (χ1) is 26.0. The standard InChI is InChI=1S/C51H32O2/c1-51(2)42-25-24-39-37(22-23-38-31-11-7-10-18-45(31)53-50(38)39)49(42)40-21-19-30(28-43(40)51)48-35-15-5-3-13-33(35)47(34-14-4-6-16-36(34)48)29-20-26-46-41(27-29)32-12-8-9-17-44(32)52-46/h3-28H,1-2H3.